The van der Waals surface area contributed by atoms with Crippen LogP contribution in [0.1, 0.15) is 127 Å². The molecule has 37 heteroatoms. The minimum absolute atomic E-state index is 0.000108. The topological polar surface area (TPSA) is 575 Å². The first-order chi connectivity index (χ1) is 45.8. The number of aliphatic imine (C=N–C) groups is 1. The van der Waals surface area contributed by atoms with Gasteiger partial charge in [-0.2, -0.15) is 0 Å². The number of rotatable bonds is 42. The Morgan fingerprint density at radius 2 is 1.01 bits per heavy atom. The van der Waals surface area contributed by atoms with Gasteiger partial charge in [0.05, 0.1) is 44.7 Å². The molecule has 1 aliphatic heterocycles. The van der Waals surface area contributed by atoms with E-state index in [0.717, 1.165) is 6.92 Å². The van der Waals surface area contributed by atoms with E-state index >= 15 is 0 Å². The standard InChI is InChI=1S/C61H104N20O17/c1-29(2)19-38(52(90)69-26-45(86)78-48(32(7)8)59(97)76-39(20-30(3)4)54(92)79-49(33(9)10)60(98)81-18-14-16-41(81)56(94)71-27-46(87)88)73-43(84)25-70-57(95)50(35(12)82)80-55(93)40(21-36-22-65-28-72-36)75-53(91)37(15-13-17-66-61(63)64)74-58(96)47(31(5)6)77-44(85)24-67-42(83)23-68-51(89)34(11)62/h22,28-35,37-41,47-50,82H,13-21,23-27,62H2,1-12H3,(H,65,72)(H,67,83)(H,68,89)(H,69,90)(H,70,95)(H,71,94)(H,73,84)(H,74,96)(H,75,91)(H,76,97)(H,77,85)(H,78,86)(H,79,92)(H,80,93)(H,87,88)(H4,63,64,66)/t34-,35+,37-,38-,39-,40-,41-,47-,48-,49-,50-/m0/s1. The van der Waals surface area contributed by atoms with E-state index in [-0.39, 0.29) is 69.4 Å². The van der Waals surface area contributed by atoms with Gasteiger partial charge in [0.15, 0.2) is 5.96 Å². The number of carboxylic acids is 1. The zero-order valence-electron chi connectivity index (χ0n) is 57.9. The molecular formula is C61H104N20O17. The second-order valence-electron chi connectivity index (χ2n) is 25.8. The number of nitrogens with two attached hydrogens (primary N) is 3. The van der Waals surface area contributed by atoms with Gasteiger partial charge in [-0.05, 0) is 82.0 Å². The zero-order valence-corrected chi connectivity index (χ0v) is 57.9. The summed E-state index contributed by atoms with van der Waals surface area (Å²) in [5, 5.41) is 52.1. The number of carbonyl (C=O) groups excluding carboxylic acids is 14. The SMILES string of the molecule is CC(C)C[C@H](NC(=O)CNC(=O)[C@@H](NC(=O)[C@H](Cc1cnc[nH]1)NC(=O)[C@H](CCCN=C(N)N)NC(=O)[C@@H](NC(=O)CNC(=O)CNC(=O)[C@H](C)N)C(C)C)[C@@H](C)O)C(=O)NCC(=O)N[C@H](C(=O)N[C@@H](CC(C)C)C(=O)N[C@H](C(=O)N1CCC[C@H]1C(=O)NCC(=O)O)C(C)C)C(C)C. The molecule has 1 aromatic rings. The number of imidazole rings is 1. The molecule has 1 saturated heterocycles. The first-order valence-corrected chi connectivity index (χ1v) is 32.6. The van der Waals surface area contributed by atoms with Gasteiger partial charge in [-0.25, -0.2) is 4.98 Å². The highest BCUT2D eigenvalue weighted by atomic mass is 16.4. The zero-order chi connectivity index (χ0) is 74.3. The van der Waals surface area contributed by atoms with Crippen molar-refractivity contribution in [2.45, 2.75) is 195 Å². The summed E-state index contributed by atoms with van der Waals surface area (Å²) in [6.45, 7) is 16.5. The van der Waals surface area contributed by atoms with E-state index in [1.54, 1.807) is 69.2 Å². The van der Waals surface area contributed by atoms with Crippen LogP contribution in [0.2, 0.25) is 0 Å². The number of H-pyrrole nitrogens is 1. The van der Waals surface area contributed by atoms with Crippen molar-refractivity contribution in [1.82, 2.24) is 84.0 Å². The van der Waals surface area contributed by atoms with Crippen LogP contribution in [0.3, 0.4) is 0 Å². The summed E-state index contributed by atoms with van der Waals surface area (Å²) in [7, 11) is 0. The van der Waals surface area contributed by atoms with Crippen molar-refractivity contribution in [2.75, 3.05) is 45.8 Å². The Morgan fingerprint density at radius 3 is 1.51 bits per heavy atom. The summed E-state index contributed by atoms with van der Waals surface area (Å²) in [5.74, 6) is -14.8. The number of nitrogens with zero attached hydrogens (tertiary/aromatic N) is 3. The number of aromatic amines is 1. The van der Waals surface area contributed by atoms with E-state index in [1.807, 2.05) is 0 Å². The molecule has 14 amide bonds. The molecule has 1 aromatic heterocycles. The van der Waals surface area contributed by atoms with Crippen LogP contribution < -0.4 is 86.3 Å². The van der Waals surface area contributed by atoms with Crippen molar-refractivity contribution in [3.8, 4) is 0 Å². The van der Waals surface area contributed by atoms with Gasteiger partial charge < -0.3 is 106 Å². The number of likely N-dealkylation sites (tertiary alicyclic amines) is 1. The van der Waals surface area contributed by atoms with Crippen LogP contribution in [-0.4, -0.2) is 232 Å². The summed E-state index contributed by atoms with van der Waals surface area (Å²) in [4.78, 5) is 211. The van der Waals surface area contributed by atoms with Crippen LogP contribution in [0.25, 0.3) is 0 Å². The number of aliphatic hydroxyl groups is 1. The lowest BCUT2D eigenvalue weighted by Crippen LogP contribution is -2.61. The second-order valence-corrected chi connectivity index (χ2v) is 25.8. The Labute approximate surface area is 569 Å². The maximum absolute atomic E-state index is 14.2. The number of aliphatic carboxylic acids is 1. The molecule has 0 spiro atoms. The molecule has 0 unspecified atom stereocenters. The van der Waals surface area contributed by atoms with Gasteiger partial charge in [0, 0.05) is 31.4 Å². The predicted molar refractivity (Wildman–Crippen MR) is 354 cm³/mol. The fraction of sp³-hybridized carbons (Fsp3) is 0.689. The van der Waals surface area contributed by atoms with E-state index in [2.05, 4.69) is 84.1 Å². The van der Waals surface area contributed by atoms with E-state index in [1.165, 1.54) is 24.3 Å². The Balaban J connectivity index is 2.21. The van der Waals surface area contributed by atoms with Gasteiger partial charge in [-0.3, -0.25) is 76.9 Å². The molecule has 0 aromatic carbocycles. The minimum atomic E-state index is -1.78. The molecular weight excluding hydrogens is 1280 g/mol. The third-order valence-electron chi connectivity index (χ3n) is 15.1. The molecule has 0 bridgehead atoms. The van der Waals surface area contributed by atoms with Gasteiger partial charge in [-0.15, -0.1) is 0 Å². The van der Waals surface area contributed by atoms with Crippen LogP contribution >= 0.6 is 0 Å². The maximum Gasteiger partial charge on any atom is 0.322 e. The van der Waals surface area contributed by atoms with E-state index in [0.29, 0.717) is 12.1 Å². The van der Waals surface area contributed by atoms with Gasteiger partial charge in [0.1, 0.15) is 60.9 Å². The minimum Gasteiger partial charge on any atom is -0.480 e. The normalized spacial score (nSPS) is 15.8. The molecule has 1 aliphatic rings. The van der Waals surface area contributed by atoms with E-state index in [9.17, 15) is 77.0 Å². The lowest BCUT2D eigenvalue weighted by atomic mass is 9.98. The van der Waals surface area contributed by atoms with Gasteiger partial charge in [-0.1, -0.05) is 69.2 Å². The Hall–Kier alpha value is -9.55. The second kappa shape index (κ2) is 42.2. The first kappa shape index (κ1) is 84.5. The average Bonchev–Trinajstić information content (AvgIpc) is 1.60. The van der Waals surface area contributed by atoms with Crippen LogP contribution in [0, 0.1) is 29.6 Å². The van der Waals surface area contributed by atoms with Crippen molar-refractivity contribution in [2.24, 2.45) is 51.8 Å². The quantitative estimate of drug-likeness (QED) is 0.0164. The summed E-state index contributed by atoms with van der Waals surface area (Å²) in [6, 6.07) is -12.8. The third-order valence-corrected chi connectivity index (χ3v) is 15.1. The Kier molecular flexibility index (Phi) is 36.4. The number of guanidine groups is 1. The highest BCUT2D eigenvalue weighted by Crippen LogP contribution is 2.21. The number of hydrogen-bond acceptors (Lipinski definition) is 19. The smallest absolute Gasteiger partial charge is 0.322 e. The summed E-state index contributed by atoms with van der Waals surface area (Å²) in [6.07, 6.45) is 1.55. The third kappa shape index (κ3) is 30.7. The molecule has 11 atom stereocenters. The Bertz CT molecular complexity index is 2940. The number of carboxylic acid groups (broad SMARTS) is 1. The number of nitrogens with one attached hydrogen (secondary N) is 14. The van der Waals surface area contributed by atoms with Gasteiger partial charge in [0.2, 0.25) is 82.7 Å². The molecule has 2 heterocycles. The van der Waals surface area contributed by atoms with Crippen molar-refractivity contribution in [1.29, 1.82) is 0 Å². The van der Waals surface area contributed by atoms with Crippen LogP contribution in [0.15, 0.2) is 17.5 Å². The first-order valence-electron chi connectivity index (χ1n) is 32.6. The lowest BCUT2D eigenvalue weighted by molar-refractivity contribution is -0.144. The molecule has 37 nitrogen and oxygen atoms in total. The van der Waals surface area contributed by atoms with Crippen LogP contribution in [0.4, 0.5) is 0 Å². The molecule has 22 N–H and O–H groups in total. The lowest BCUT2D eigenvalue weighted by Gasteiger charge is -2.32. The fourth-order valence-corrected chi connectivity index (χ4v) is 9.89. The number of carbonyl (C=O) groups is 15. The summed E-state index contributed by atoms with van der Waals surface area (Å²) < 4.78 is 0. The van der Waals surface area contributed by atoms with Crippen molar-refractivity contribution < 1.29 is 82.1 Å². The highest BCUT2D eigenvalue weighted by Gasteiger charge is 2.41. The number of aromatic nitrogens is 2. The van der Waals surface area contributed by atoms with Gasteiger partial charge >= 0.3 is 5.97 Å². The maximum atomic E-state index is 14.2. The van der Waals surface area contributed by atoms with Crippen molar-refractivity contribution in [3.05, 3.63) is 18.2 Å². The summed E-state index contributed by atoms with van der Waals surface area (Å²) >= 11 is 0. The molecule has 0 aliphatic carbocycles. The van der Waals surface area contributed by atoms with E-state index in [4.69, 9.17) is 22.3 Å². The molecule has 0 radical (unpaired) electrons. The van der Waals surface area contributed by atoms with Crippen molar-refractivity contribution >= 4 is 94.6 Å². The molecule has 550 valence electrons. The number of hydrogen-bond donors (Lipinski definition) is 19. The van der Waals surface area contributed by atoms with Crippen LogP contribution in [-0.2, 0) is 78.3 Å². The van der Waals surface area contributed by atoms with Crippen LogP contribution in [0.5, 0.6) is 0 Å². The van der Waals surface area contributed by atoms with E-state index < -0.39 is 206 Å². The fourth-order valence-electron chi connectivity index (χ4n) is 9.89. The molecule has 2 rings (SSSR count). The molecule has 98 heavy (non-hydrogen) atoms. The molecule has 1 fully saturated rings. The summed E-state index contributed by atoms with van der Waals surface area (Å²) in [5.41, 5.74) is 16.8. The van der Waals surface area contributed by atoms with Crippen molar-refractivity contribution in [3.63, 3.8) is 0 Å². The monoisotopic (exact) mass is 1390 g/mol. The number of amides is 14. The average molecular weight is 1390 g/mol. The largest absolute Gasteiger partial charge is 0.480 e. The number of aliphatic hydroxyl groups excluding tert-OH is 1. The Morgan fingerprint density at radius 1 is 0.541 bits per heavy atom. The molecule has 0 saturated carbocycles. The van der Waals surface area contributed by atoms with Gasteiger partial charge in [0.25, 0.3) is 0 Å². The highest BCUT2D eigenvalue weighted by molar-refractivity contribution is 5.99. The predicted octanol–water partition coefficient (Wildman–Crippen LogP) is -6.67.